The van der Waals surface area contributed by atoms with Gasteiger partial charge in [-0.1, -0.05) is 46.7 Å². The summed E-state index contributed by atoms with van der Waals surface area (Å²) in [6.07, 6.45) is 3.01. The van der Waals surface area contributed by atoms with Crippen molar-refractivity contribution >= 4 is 32.9 Å². The van der Waals surface area contributed by atoms with E-state index in [4.69, 9.17) is 4.99 Å². The Kier molecular flexibility index (Phi) is 5.23. The first-order chi connectivity index (χ1) is 14.6. The highest BCUT2D eigenvalue weighted by atomic mass is 79.9. The normalized spacial score (nSPS) is 23.0. The summed E-state index contributed by atoms with van der Waals surface area (Å²) in [6, 6.07) is 17.7. The number of aromatic nitrogens is 2. The lowest BCUT2D eigenvalue weighted by Gasteiger charge is -2.32. The largest absolute Gasteiger partial charge is 0.338 e. The van der Waals surface area contributed by atoms with Crippen LogP contribution in [0.25, 0.3) is 5.69 Å². The van der Waals surface area contributed by atoms with Gasteiger partial charge < -0.3 is 9.47 Å². The van der Waals surface area contributed by atoms with E-state index in [2.05, 4.69) is 93.6 Å². The Morgan fingerprint density at radius 3 is 2.73 bits per heavy atom. The second-order valence-electron chi connectivity index (χ2n) is 7.98. The summed E-state index contributed by atoms with van der Waals surface area (Å²) >= 11 is 5.52. The van der Waals surface area contributed by atoms with E-state index in [1.165, 1.54) is 27.8 Å². The maximum absolute atomic E-state index is 5.17. The van der Waals surface area contributed by atoms with Gasteiger partial charge in [0.2, 0.25) is 0 Å². The van der Waals surface area contributed by atoms with Crippen LogP contribution in [-0.4, -0.2) is 31.4 Å². The smallest absolute Gasteiger partial charge is 0.160 e. The van der Waals surface area contributed by atoms with Crippen LogP contribution in [0.1, 0.15) is 48.1 Å². The summed E-state index contributed by atoms with van der Waals surface area (Å²) in [5.74, 6) is 1.12. The van der Waals surface area contributed by atoms with Crippen molar-refractivity contribution in [1.29, 1.82) is 0 Å². The fraction of sp³-hybridized carbons (Fsp3) is 0.333. The molecular weight excluding hydrogens is 456 g/mol. The zero-order valence-corrected chi connectivity index (χ0v) is 19.8. The fourth-order valence-corrected chi connectivity index (χ4v) is 6.51. The number of halogens is 1. The van der Waals surface area contributed by atoms with E-state index in [1.54, 1.807) is 0 Å². The highest BCUT2D eigenvalue weighted by Gasteiger charge is 2.46. The molecule has 2 aliphatic heterocycles. The molecule has 6 heteroatoms. The number of aliphatic imine (C=N–C) groups is 1. The lowest BCUT2D eigenvalue weighted by atomic mass is 9.95. The van der Waals surface area contributed by atoms with Gasteiger partial charge in [-0.2, -0.15) is 0 Å². The van der Waals surface area contributed by atoms with Crippen molar-refractivity contribution in [3.05, 3.63) is 81.8 Å². The van der Waals surface area contributed by atoms with Gasteiger partial charge in [-0.3, -0.25) is 9.98 Å². The van der Waals surface area contributed by atoms with Crippen LogP contribution in [0, 0.1) is 13.8 Å². The molecule has 1 fully saturated rings. The van der Waals surface area contributed by atoms with Crippen molar-refractivity contribution in [2.24, 2.45) is 4.99 Å². The monoisotopic (exact) mass is 480 g/mol. The first-order valence-electron chi connectivity index (χ1n) is 10.4. The number of nitrogens with zero attached hydrogens (tertiary/aromatic N) is 4. The number of hydrogen-bond acceptors (Lipinski definition) is 4. The van der Waals surface area contributed by atoms with E-state index in [-0.39, 0.29) is 12.1 Å². The molecule has 1 saturated heterocycles. The molecule has 1 aromatic carbocycles. The van der Waals surface area contributed by atoms with Crippen molar-refractivity contribution in [1.82, 2.24) is 14.5 Å². The van der Waals surface area contributed by atoms with Gasteiger partial charge >= 0.3 is 0 Å². The predicted octanol–water partition coefficient (Wildman–Crippen LogP) is 6.23. The minimum Gasteiger partial charge on any atom is -0.338 e. The second-order valence-corrected chi connectivity index (χ2v) is 9.88. The van der Waals surface area contributed by atoms with Gasteiger partial charge in [-0.25, -0.2) is 0 Å². The van der Waals surface area contributed by atoms with Crippen molar-refractivity contribution in [2.45, 2.75) is 45.3 Å². The SMILES string of the molecule is CC[C@H]1CSC2=N[C@H](c3ccccn3)[C@@H](c3cc(C)n(-c4cccc(Br)c4)c3C)N21. The maximum Gasteiger partial charge on any atom is 0.160 e. The van der Waals surface area contributed by atoms with Crippen LogP contribution in [-0.2, 0) is 0 Å². The lowest BCUT2D eigenvalue weighted by Crippen LogP contribution is -2.35. The Morgan fingerprint density at radius 1 is 1.13 bits per heavy atom. The van der Waals surface area contributed by atoms with Crippen LogP contribution in [0.5, 0.6) is 0 Å². The Labute approximate surface area is 190 Å². The van der Waals surface area contributed by atoms with Crippen LogP contribution in [0.15, 0.2) is 64.2 Å². The molecule has 154 valence electrons. The Hall–Kier alpha value is -2.05. The summed E-state index contributed by atoms with van der Waals surface area (Å²) in [7, 11) is 0. The minimum atomic E-state index is 0.0273. The van der Waals surface area contributed by atoms with Crippen LogP contribution in [0.2, 0.25) is 0 Å². The predicted molar refractivity (Wildman–Crippen MR) is 128 cm³/mol. The molecule has 3 atom stereocenters. The van der Waals surface area contributed by atoms with Crippen molar-refractivity contribution in [3.8, 4) is 5.69 Å². The van der Waals surface area contributed by atoms with Gasteiger partial charge in [-0.15, -0.1) is 0 Å². The third-order valence-electron chi connectivity index (χ3n) is 6.18. The number of benzene rings is 1. The van der Waals surface area contributed by atoms with Crippen LogP contribution < -0.4 is 0 Å². The summed E-state index contributed by atoms with van der Waals surface area (Å²) in [5.41, 5.74) is 6.10. The number of aryl methyl sites for hydroxylation is 1. The average Bonchev–Trinajstić information content (AvgIpc) is 3.40. The summed E-state index contributed by atoms with van der Waals surface area (Å²) < 4.78 is 3.45. The summed E-state index contributed by atoms with van der Waals surface area (Å²) in [5, 5.41) is 1.18. The zero-order valence-electron chi connectivity index (χ0n) is 17.4. The molecule has 0 radical (unpaired) electrons. The molecule has 2 aliphatic rings. The average molecular weight is 481 g/mol. The molecule has 4 nitrogen and oxygen atoms in total. The van der Waals surface area contributed by atoms with E-state index >= 15 is 0 Å². The Balaban J connectivity index is 1.64. The second kappa shape index (κ2) is 7.89. The van der Waals surface area contributed by atoms with Crippen LogP contribution in [0.3, 0.4) is 0 Å². The van der Waals surface area contributed by atoms with E-state index in [1.807, 2.05) is 24.0 Å². The lowest BCUT2D eigenvalue weighted by molar-refractivity contribution is 0.254. The third kappa shape index (κ3) is 3.21. The van der Waals surface area contributed by atoms with E-state index in [0.717, 1.165) is 22.3 Å². The Bertz CT molecular complexity index is 1110. The van der Waals surface area contributed by atoms with E-state index in [0.29, 0.717) is 6.04 Å². The number of fused-ring (bicyclic) bond motifs is 1. The molecule has 2 aromatic heterocycles. The van der Waals surface area contributed by atoms with Crippen molar-refractivity contribution in [3.63, 3.8) is 0 Å². The summed E-state index contributed by atoms with van der Waals surface area (Å²) in [4.78, 5) is 12.4. The van der Waals surface area contributed by atoms with Gasteiger partial charge in [0, 0.05) is 39.5 Å². The standard InChI is InChI=1S/C24H25BrN4S/c1-4-18-14-30-24-27-22(21-10-5-6-11-26-21)23(29(18)24)20-12-15(2)28(16(20)3)19-9-7-8-17(25)13-19/h5-13,18,22-23H,4,14H2,1-3H3/t18-,22+,23+/m0/s1. The molecule has 0 bridgehead atoms. The fourth-order valence-electron chi connectivity index (χ4n) is 4.79. The number of amidine groups is 1. The first kappa shape index (κ1) is 19.9. The van der Waals surface area contributed by atoms with E-state index < -0.39 is 0 Å². The molecule has 0 spiro atoms. The van der Waals surface area contributed by atoms with Gasteiger partial charge in [0.1, 0.15) is 6.04 Å². The van der Waals surface area contributed by atoms with Crippen molar-refractivity contribution < 1.29 is 0 Å². The summed E-state index contributed by atoms with van der Waals surface area (Å²) in [6.45, 7) is 6.71. The molecule has 30 heavy (non-hydrogen) atoms. The highest BCUT2D eigenvalue weighted by molar-refractivity contribution is 9.10. The number of rotatable bonds is 4. The van der Waals surface area contributed by atoms with Gasteiger partial charge in [-0.05, 0) is 62.2 Å². The Morgan fingerprint density at radius 2 is 2.00 bits per heavy atom. The molecule has 0 saturated carbocycles. The molecule has 3 aromatic rings. The van der Waals surface area contributed by atoms with Gasteiger partial charge in [0.25, 0.3) is 0 Å². The van der Waals surface area contributed by atoms with E-state index in [9.17, 15) is 0 Å². The quantitative estimate of drug-likeness (QED) is 0.443. The first-order valence-corrected chi connectivity index (χ1v) is 12.2. The molecule has 5 rings (SSSR count). The molecule has 0 aliphatic carbocycles. The number of thioether (sulfide) groups is 1. The minimum absolute atomic E-state index is 0.0273. The molecule has 0 N–H and O–H groups in total. The maximum atomic E-state index is 5.17. The topological polar surface area (TPSA) is 33.4 Å². The molecular formula is C24H25BrN4S. The zero-order chi connectivity index (χ0) is 20.8. The third-order valence-corrected chi connectivity index (χ3v) is 7.80. The molecule has 0 unspecified atom stereocenters. The van der Waals surface area contributed by atoms with Crippen LogP contribution >= 0.6 is 27.7 Å². The van der Waals surface area contributed by atoms with Gasteiger partial charge in [0.15, 0.2) is 5.17 Å². The van der Waals surface area contributed by atoms with Crippen LogP contribution in [0.4, 0.5) is 0 Å². The van der Waals surface area contributed by atoms with Crippen molar-refractivity contribution in [2.75, 3.05) is 5.75 Å². The molecule has 4 heterocycles. The van der Waals surface area contributed by atoms with Gasteiger partial charge in [0.05, 0.1) is 11.7 Å². The number of hydrogen-bond donors (Lipinski definition) is 0. The number of pyridine rings is 1. The highest BCUT2D eigenvalue weighted by Crippen LogP contribution is 2.49. The molecule has 0 amide bonds.